The Balaban J connectivity index is 1.39. The van der Waals surface area contributed by atoms with Crippen LogP contribution in [0.4, 0.5) is 4.79 Å². The number of carbonyl (C=O) groups excluding carboxylic acids is 2. The molecule has 1 aromatic heterocycles. The number of aromatic nitrogens is 1. The second-order valence-electron chi connectivity index (χ2n) is 9.93. The summed E-state index contributed by atoms with van der Waals surface area (Å²) in [5.41, 5.74) is 6.07. The highest BCUT2D eigenvalue weighted by molar-refractivity contribution is 5.84. The van der Waals surface area contributed by atoms with Gasteiger partial charge in [0.15, 0.2) is 0 Å². The van der Waals surface area contributed by atoms with E-state index in [2.05, 4.69) is 40.1 Å². The Morgan fingerprint density at radius 1 is 0.951 bits per heavy atom. The van der Waals surface area contributed by atoms with E-state index in [1.54, 1.807) is 24.6 Å². The Kier molecular flexibility index (Phi) is 11.2. The van der Waals surface area contributed by atoms with Gasteiger partial charge < -0.3 is 24.1 Å². The fraction of sp³-hybridized carbons (Fsp3) is 0.419. The van der Waals surface area contributed by atoms with Gasteiger partial charge in [-0.25, -0.2) is 10.3 Å². The van der Waals surface area contributed by atoms with E-state index >= 15 is 0 Å². The number of hydrogen-bond donors (Lipinski definition) is 3. The van der Waals surface area contributed by atoms with Crippen LogP contribution in [0.3, 0.4) is 0 Å². The topological polar surface area (TPSA) is 116 Å². The van der Waals surface area contributed by atoms with Crippen LogP contribution in [-0.2, 0) is 32.0 Å². The fourth-order valence-electron chi connectivity index (χ4n) is 4.84. The first kappa shape index (κ1) is 30.1. The summed E-state index contributed by atoms with van der Waals surface area (Å²) in [5.74, 6) is 4.56. The van der Waals surface area contributed by atoms with E-state index in [1.165, 1.54) is 10.9 Å². The van der Waals surface area contributed by atoms with Crippen LogP contribution < -0.4 is 5.48 Å². The summed E-state index contributed by atoms with van der Waals surface area (Å²) >= 11 is 0. The zero-order valence-electron chi connectivity index (χ0n) is 23.6. The average Bonchev–Trinajstić information content (AvgIpc) is 3.39. The second kappa shape index (κ2) is 15.2. The Bertz CT molecular complexity index is 1340. The van der Waals surface area contributed by atoms with Crippen molar-refractivity contribution in [1.29, 1.82) is 0 Å². The van der Waals surface area contributed by atoms with Gasteiger partial charge in [-0.3, -0.25) is 14.9 Å². The highest BCUT2D eigenvalue weighted by Gasteiger charge is 2.32. The van der Waals surface area contributed by atoms with Crippen molar-refractivity contribution in [2.24, 2.45) is 5.92 Å². The molecule has 2 unspecified atom stereocenters. The first-order valence-electron chi connectivity index (χ1n) is 13.7. The number of rotatable bonds is 16. The number of para-hydroxylation sites is 1. The van der Waals surface area contributed by atoms with Crippen molar-refractivity contribution in [3.05, 3.63) is 71.4 Å². The van der Waals surface area contributed by atoms with Crippen molar-refractivity contribution < 1.29 is 29.0 Å². The molecule has 41 heavy (non-hydrogen) atoms. The number of methoxy groups -OCH3 is 2. The molecule has 0 spiro atoms. The lowest BCUT2D eigenvalue weighted by atomic mass is 9.79. The number of H-pyrrole nitrogens is 1. The SMILES string of the molecule is COCCN(CCOC)C(=O)OCCN(CCc1c[nH]c2ccccc12)Cc1ccc(C2C#CC2C(=O)NO)cc1. The molecule has 2 aromatic carbocycles. The van der Waals surface area contributed by atoms with Gasteiger partial charge in [-0.05, 0) is 29.2 Å². The van der Waals surface area contributed by atoms with Crippen LogP contribution in [0.5, 0.6) is 0 Å². The maximum absolute atomic E-state index is 12.7. The molecule has 0 fully saturated rings. The molecule has 0 saturated heterocycles. The van der Waals surface area contributed by atoms with E-state index in [-0.39, 0.29) is 18.6 Å². The number of aromatic amines is 1. The van der Waals surface area contributed by atoms with Crippen LogP contribution in [0.15, 0.2) is 54.7 Å². The number of hydroxylamine groups is 1. The van der Waals surface area contributed by atoms with Crippen LogP contribution in [-0.4, -0.2) is 92.2 Å². The number of benzene rings is 2. The van der Waals surface area contributed by atoms with Gasteiger partial charge in [0.25, 0.3) is 5.91 Å². The fourth-order valence-corrected chi connectivity index (χ4v) is 4.84. The lowest BCUT2D eigenvalue weighted by Gasteiger charge is -2.25. The number of carbonyl (C=O) groups is 2. The minimum atomic E-state index is -0.541. The standard InChI is InChI=1S/C31H38N4O6/c1-39-18-16-35(17-19-40-2)31(37)41-20-15-34(14-13-25-21-32-29-6-4-3-5-27(25)29)22-23-7-9-24(10-8-23)26-11-12-28(26)30(36)33-38/h3-10,21,26,28,32,38H,13-20,22H2,1-2H3,(H,33,36). The van der Waals surface area contributed by atoms with Gasteiger partial charge in [-0.1, -0.05) is 54.3 Å². The number of ether oxygens (including phenoxy) is 3. The lowest BCUT2D eigenvalue weighted by Crippen LogP contribution is -2.38. The third kappa shape index (κ3) is 8.08. The van der Waals surface area contributed by atoms with Crippen molar-refractivity contribution in [2.45, 2.75) is 18.9 Å². The summed E-state index contributed by atoms with van der Waals surface area (Å²) in [7, 11) is 3.20. The number of nitrogens with zero attached hydrogens (tertiary/aromatic N) is 2. The quantitative estimate of drug-likeness (QED) is 0.140. The van der Waals surface area contributed by atoms with Gasteiger partial charge in [0, 0.05) is 64.0 Å². The van der Waals surface area contributed by atoms with Gasteiger partial charge in [0.05, 0.1) is 19.1 Å². The summed E-state index contributed by atoms with van der Waals surface area (Å²) in [6.07, 6.45) is 2.50. The largest absolute Gasteiger partial charge is 0.448 e. The van der Waals surface area contributed by atoms with E-state index < -0.39 is 11.8 Å². The molecule has 218 valence electrons. The predicted molar refractivity (Wildman–Crippen MR) is 154 cm³/mol. The van der Waals surface area contributed by atoms with Gasteiger partial charge >= 0.3 is 6.09 Å². The molecule has 1 aliphatic rings. The number of hydrogen-bond acceptors (Lipinski definition) is 7. The van der Waals surface area contributed by atoms with E-state index in [0.29, 0.717) is 39.4 Å². The second-order valence-corrected chi connectivity index (χ2v) is 9.93. The van der Waals surface area contributed by atoms with Crippen LogP contribution in [0, 0.1) is 17.8 Å². The summed E-state index contributed by atoms with van der Waals surface area (Å²) in [4.78, 5) is 31.7. The predicted octanol–water partition coefficient (Wildman–Crippen LogP) is 3.17. The average molecular weight is 563 g/mol. The molecule has 10 heteroatoms. The molecule has 3 aromatic rings. The number of fused-ring (bicyclic) bond motifs is 1. The van der Waals surface area contributed by atoms with Crippen molar-refractivity contribution in [3.8, 4) is 11.8 Å². The third-order valence-corrected chi connectivity index (χ3v) is 7.26. The molecule has 0 radical (unpaired) electrons. The van der Waals surface area contributed by atoms with E-state index in [0.717, 1.165) is 29.6 Å². The Morgan fingerprint density at radius 3 is 2.34 bits per heavy atom. The molecule has 0 aliphatic heterocycles. The molecule has 0 bridgehead atoms. The molecule has 3 N–H and O–H groups in total. The first-order chi connectivity index (χ1) is 20.0. The molecule has 2 amide bonds. The Morgan fingerprint density at radius 2 is 1.68 bits per heavy atom. The van der Waals surface area contributed by atoms with Crippen molar-refractivity contribution >= 4 is 22.9 Å². The zero-order chi connectivity index (χ0) is 29.0. The molecular weight excluding hydrogens is 524 g/mol. The van der Waals surface area contributed by atoms with Crippen LogP contribution in [0.2, 0.25) is 0 Å². The first-order valence-corrected chi connectivity index (χ1v) is 13.7. The molecule has 1 heterocycles. The zero-order valence-corrected chi connectivity index (χ0v) is 23.6. The molecule has 1 aliphatic carbocycles. The summed E-state index contributed by atoms with van der Waals surface area (Å²) in [5, 5.41) is 10.2. The third-order valence-electron chi connectivity index (χ3n) is 7.26. The smallest absolute Gasteiger partial charge is 0.409 e. The molecular formula is C31H38N4O6. The lowest BCUT2D eigenvalue weighted by molar-refractivity contribution is -0.132. The van der Waals surface area contributed by atoms with Crippen molar-refractivity contribution in [3.63, 3.8) is 0 Å². The van der Waals surface area contributed by atoms with Crippen molar-refractivity contribution in [2.75, 3.05) is 60.2 Å². The van der Waals surface area contributed by atoms with E-state index in [1.807, 2.05) is 36.4 Å². The van der Waals surface area contributed by atoms with Gasteiger partial charge in [0.2, 0.25) is 0 Å². The Labute approximate surface area is 240 Å². The summed E-state index contributed by atoms with van der Waals surface area (Å²) in [6, 6.07) is 16.3. The van der Waals surface area contributed by atoms with E-state index in [9.17, 15) is 9.59 Å². The minimum Gasteiger partial charge on any atom is -0.448 e. The monoisotopic (exact) mass is 562 g/mol. The summed E-state index contributed by atoms with van der Waals surface area (Å²) in [6.45, 7) is 3.94. The van der Waals surface area contributed by atoms with Gasteiger partial charge in [0.1, 0.15) is 12.5 Å². The van der Waals surface area contributed by atoms with Crippen LogP contribution in [0.25, 0.3) is 10.9 Å². The van der Waals surface area contributed by atoms with Crippen LogP contribution >= 0.6 is 0 Å². The Hall–Kier alpha value is -3.88. The summed E-state index contributed by atoms with van der Waals surface area (Å²) < 4.78 is 15.9. The van der Waals surface area contributed by atoms with Gasteiger partial charge in [-0.15, -0.1) is 0 Å². The molecule has 0 saturated carbocycles. The minimum absolute atomic E-state index is 0.229. The molecule has 4 rings (SSSR count). The van der Waals surface area contributed by atoms with Gasteiger partial charge in [-0.2, -0.15) is 0 Å². The van der Waals surface area contributed by atoms with E-state index in [4.69, 9.17) is 19.4 Å². The number of nitrogens with one attached hydrogen (secondary N) is 2. The van der Waals surface area contributed by atoms with Crippen LogP contribution in [0.1, 0.15) is 22.6 Å². The maximum Gasteiger partial charge on any atom is 0.409 e. The maximum atomic E-state index is 12.7. The number of amides is 2. The van der Waals surface area contributed by atoms with Crippen molar-refractivity contribution in [1.82, 2.24) is 20.3 Å². The normalized spacial score (nSPS) is 15.7. The highest BCUT2D eigenvalue weighted by atomic mass is 16.6. The molecule has 10 nitrogen and oxygen atoms in total. The highest BCUT2D eigenvalue weighted by Crippen LogP contribution is 2.30. The molecule has 2 atom stereocenters.